The van der Waals surface area contributed by atoms with Crippen LogP contribution in [0.1, 0.15) is 50.0 Å². The Bertz CT molecular complexity index is 905. The molecule has 4 aliphatic rings. The van der Waals surface area contributed by atoms with Gasteiger partial charge in [0.05, 0.1) is 18.6 Å². The molecule has 32 heavy (non-hydrogen) atoms. The summed E-state index contributed by atoms with van der Waals surface area (Å²) in [5.41, 5.74) is 1.37. The minimum Gasteiger partial charge on any atom is -0.486 e. The molecular formula is C25H32N2O5. The van der Waals surface area contributed by atoms with E-state index in [1.807, 2.05) is 29.2 Å². The second kappa shape index (κ2) is 8.87. The van der Waals surface area contributed by atoms with Gasteiger partial charge < -0.3 is 25.2 Å². The number of nitrogens with zero attached hydrogens (tertiary/aromatic N) is 1. The minimum atomic E-state index is -0.925. The molecule has 172 valence electrons. The van der Waals surface area contributed by atoms with Gasteiger partial charge in [0.1, 0.15) is 18.0 Å². The van der Waals surface area contributed by atoms with Gasteiger partial charge in [0.15, 0.2) is 0 Å². The van der Waals surface area contributed by atoms with E-state index in [4.69, 9.17) is 4.74 Å². The molecule has 1 aromatic rings. The lowest BCUT2D eigenvalue weighted by atomic mass is 9.77. The third-order valence-electron chi connectivity index (χ3n) is 7.38. The Balaban J connectivity index is 1.51. The Morgan fingerprint density at radius 1 is 1.12 bits per heavy atom. The molecular weight excluding hydrogens is 408 g/mol. The number of amides is 2. The maximum absolute atomic E-state index is 13.5. The fraction of sp³-hybridized carbons (Fsp3) is 0.600. The number of fused-ring (bicyclic) bond motifs is 3. The molecule has 0 bridgehead atoms. The molecule has 0 aromatic heterocycles. The van der Waals surface area contributed by atoms with Crippen molar-refractivity contribution in [2.24, 2.45) is 11.8 Å². The Kier molecular flexibility index (Phi) is 5.95. The van der Waals surface area contributed by atoms with Crippen molar-refractivity contribution in [2.45, 2.75) is 62.7 Å². The second-order valence-corrected chi connectivity index (χ2v) is 9.60. The van der Waals surface area contributed by atoms with Crippen LogP contribution in [0.15, 0.2) is 35.9 Å². The Morgan fingerprint density at radius 2 is 1.88 bits per heavy atom. The van der Waals surface area contributed by atoms with Crippen LogP contribution in [0.4, 0.5) is 0 Å². The lowest BCUT2D eigenvalue weighted by Crippen LogP contribution is -2.57. The van der Waals surface area contributed by atoms with E-state index < -0.39 is 24.2 Å². The SMILES string of the molecule is O=C(NCCO)C1=C[C@@H](N(CC2CC2)C(=O)C2CCCC2)[C@H](O)[C@H]2Oc3ccccc3[C@@H]12. The van der Waals surface area contributed by atoms with Crippen LogP contribution in [0, 0.1) is 11.8 Å². The van der Waals surface area contributed by atoms with Gasteiger partial charge in [-0.25, -0.2) is 0 Å². The summed E-state index contributed by atoms with van der Waals surface area (Å²) in [6, 6.07) is 6.94. The molecule has 3 N–H and O–H groups in total. The number of para-hydroxylation sites is 1. The number of ether oxygens (including phenoxy) is 1. The van der Waals surface area contributed by atoms with Crippen LogP contribution in [0.5, 0.6) is 5.75 Å². The summed E-state index contributed by atoms with van der Waals surface area (Å²) in [7, 11) is 0. The number of aliphatic hydroxyl groups excluding tert-OH is 2. The Hall–Kier alpha value is -2.38. The van der Waals surface area contributed by atoms with E-state index in [1.54, 1.807) is 6.08 Å². The summed E-state index contributed by atoms with van der Waals surface area (Å²) in [4.78, 5) is 28.5. The van der Waals surface area contributed by atoms with E-state index in [1.165, 1.54) is 0 Å². The first-order valence-electron chi connectivity index (χ1n) is 11.9. The maximum Gasteiger partial charge on any atom is 0.247 e. The topological polar surface area (TPSA) is 99.1 Å². The number of hydrogen-bond acceptors (Lipinski definition) is 5. The van der Waals surface area contributed by atoms with Crippen LogP contribution in [0.3, 0.4) is 0 Å². The van der Waals surface area contributed by atoms with Crippen LogP contribution in [0.25, 0.3) is 0 Å². The van der Waals surface area contributed by atoms with Gasteiger partial charge in [0, 0.05) is 30.1 Å². The maximum atomic E-state index is 13.5. The van der Waals surface area contributed by atoms with Gasteiger partial charge in [-0.1, -0.05) is 31.0 Å². The number of aliphatic hydroxyl groups is 2. The minimum absolute atomic E-state index is 0.000401. The second-order valence-electron chi connectivity index (χ2n) is 9.60. The number of rotatable bonds is 7. The zero-order valence-electron chi connectivity index (χ0n) is 18.3. The summed E-state index contributed by atoms with van der Waals surface area (Å²) in [6.07, 6.45) is 6.34. The molecule has 0 radical (unpaired) electrons. The summed E-state index contributed by atoms with van der Waals surface area (Å²) < 4.78 is 6.16. The van der Waals surface area contributed by atoms with Gasteiger partial charge >= 0.3 is 0 Å². The largest absolute Gasteiger partial charge is 0.486 e. The van der Waals surface area contributed by atoms with Gasteiger partial charge in [-0.15, -0.1) is 0 Å². The van der Waals surface area contributed by atoms with Crippen molar-refractivity contribution in [3.8, 4) is 5.75 Å². The third kappa shape index (κ3) is 3.92. The number of hydrogen-bond donors (Lipinski definition) is 3. The number of carbonyl (C=O) groups is 2. The lowest BCUT2D eigenvalue weighted by molar-refractivity contribution is -0.141. The van der Waals surface area contributed by atoms with Gasteiger partial charge in [-0.3, -0.25) is 9.59 Å². The predicted molar refractivity (Wildman–Crippen MR) is 118 cm³/mol. The summed E-state index contributed by atoms with van der Waals surface area (Å²) >= 11 is 0. The molecule has 3 aliphatic carbocycles. The normalized spacial score (nSPS) is 29.0. The average molecular weight is 441 g/mol. The number of nitrogens with one attached hydrogen (secondary N) is 1. The zero-order valence-corrected chi connectivity index (χ0v) is 18.3. The van der Waals surface area contributed by atoms with Gasteiger partial charge in [0.2, 0.25) is 11.8 Å². The van der Waals surface area contributed by atoms with E-state index in [-0.39, 0.29) is 30.9 Å². The highest BCUT2D eigenvalue weighted by molar-refractivity contribution is 5.96. The first-order valence-corrected chi connectivity index (χ1v) is 11.9. The van der Waals surface area contributed by atoms with Crippen LogP contribution in [-0.2, 0) is 9.59 Å². The molecule has 1 heterocycles. The smallest absolute Gasteiger partial charge is 0.247 e. The molecule has 4 atom stereocenters. The Morgan fingerprint density at radius 3 is 2.59 bits per heavy atom. The van der Waals surface area contributed by atoms with E-state index >= 15 is 0 Å². The number of benzene rings is 1. The standard InChI is InChI=1S/C25H32N2O5/c28-12-11-26-24(30)18-13-19(22(29)23-21(18)17-7-3-4-8-20(17)32-23)27(14-15-9-10-15)25(31)16-5-1-2-6-16/h3-4,7-8,13,15-16,19,21-23,28-29H,1-2,5-6,9-12,14H2,(H,26,30)/t19-,21+,22+,23+/m1/s1. The molecule has 0 unspecified atom stereocenters. The van der Waals surface area contributed by atoms with Gasteiger partial charge in [0.25, 0.3) is 0 Å². The molecule has 1 aromatic carbocycles. The summed E-state index contributed by atoms with van der Waals surface area (Å²) in [5.74, 6) is 0.539. The first kappa shape index (κ1) is 21.5. The quantitative estimate of drug-likeness (QED) is 0.600. The van der Waals surface area contributed by atoms with Crippen LogP contribution >= 0.6 is 0 Å². The predicted octanol–water partition coefficient (Wildman–Crippen LogP) is 1.74. The van der Waals surface area contributed by atoms with Gasteiger partial charge in [-0.2, -0.15) is 0 Å². The fourth-order valence-electron chi connectivity index (χ4n) is 5.54. The molecule has 2 amide bonds. The highest BCUT2D eigenvalue weighted by Gasteiger charge is 2.51. The zero-order chi connectivity index (χ0) is 22.2. The number of carbonyl (C=O) groups excluding carboxylic acids is 2. The van der Waals surface area contributed by atoms with Crippen molar-refractivity contribution >= 4 is 11.8 Å². The molecule has 7 heteroatoms. The van der Waals surface area contributed by atoms with Crippen molar-refractivity contribution in [3.05, 3.63) is 41.5 Å². The first-order chi connectivity index (χ1) is 15.6. The van der Waals surface area contributed by atoms with Crippen molar-refractivity contribution in [3.63, 3.8) is 0 Å². The highest BCUT2D eigenvalue weighted by atomic mass is 16.5. The van der Waals surface area contributed by atoms with Gasteiger partial charge in [-0.05, 0) is 43.7 Å². The molecule has 0 spiro atoms. The van der Waals surface area contributed by atoms with E-state index in [9.17, 15) is 19.8 Å². The summed E-state index contributed by atoms with van der Waals surface area (Å²) in [5, 5.41) is 23.4. The van der Waals surface area contributed by atoms with Crippen LogP contribution in [0.2, 0.25) is 0 Å². The average Bonchev–Trinajstić information content (AvgIpc) is 3.30. The van der Waals surface area contributed by atoms with Crippen LogP contribution < -0.4 is 10.1 Å². The van der Waals surface area contributed by atoms with Crippen molar-refractivity contribution < 1.29 is 24.5 Å². The molecule has 1 aliphatic heterocycles. The molecule has 2 fully saturated rings. The molecule has 2 saturated carbocycles. The lowest BCUT2D eigenvalue weighted by Gasteiger charge is -2.41. The highest BCUT2D eigenvalue weighted by Crippen LogP contribution is 2.47. The third-order valence-corrected chi connectivity index (χ3v) is 7.38. The monoisotopic (exact) mass is 440 g/mol. The van der Waals surface area contributed by atoms with Crippen LogP contribution in [-0.4, -0.2) is 64.9 Å². The molecule has 5 rings (SSSR count). The Labute approximate surface area is 188 Å². The van der Waals surface area contributed by atoms with Crippen molar-refractivity contribution in [2.75, 3.05) is 19.7 Å². The molecule has 0 saturated heterocycles. The van der Waals surface area contributed by atoms with E-state index in [0.717, 1.165) is 44.1 Å². The molecule has 7 nitrogen and oxygen atoms in total. The van der Waals surface area contributed by atoms with E-state index in [2.05, 4.69) is 5.32 Å². The summed E-state index contributed by atoms with van der Waals surface area (Å²) in [6.45, 7) is 0.611. The van der Waals surface area contributed by atoms with Crippen molar-refractivity contribution in [1.82, 2.24) is 10.2 Å². The fourth-order valence-corrected chi connectivity index (χ4v) is 5.54. The van der Waals surface area contributed by atoms with E-state index in [0.29, 0.717) is 23.8 Å². The van der Waals surface area contributed by atoms with Crippen molar-refractivity contribution in [1.29, 1.82) is 0 Å².